The van der Waals surface area contributed by atoms with Gasteiger partial charge in [0.05, 0.1) is 11.8 Å². The zero-order chi connectivity index (χ0) is 23.1. The van der Waals surface area contributed by atoms with E-state index in [2.05, 4.69) is 29.2 Å². The van der Waals surface area contributed by atoms with Crippen molar-refractivity contribution in [1.29, 1.82) is 0 Å². The van der Waals surface area contributed by atoms with Crippen molar-refractivity contribution in [2.24, 2.45) is 5.14 Å². The fourth-order valence-corrected chi connectivity index (χ4v) is 4.49. The molecule has 0 radical (unpaired) electrons. The zero-order valence-electron chi connectivity index (χ0n) is 18.6. The number of hydrogen-bond donors (Lipinski definition) is 2. The number of anilines is 1. The lowest BCUT2D eigenvalue weighted by atomic mass is 10.1. The number of benzene rings is 3. The summed E-state index contributed by atoms with van der Waals surface area (Å²) in [6.45, 7) is 4.22. The monoisotopic (exact) mass is 453 g/mol. The number of primary sulfonamides is 1. The fourth-order valence-electron chi connectivity index (χ4n) is 3.67. The molecule has 0 amide bonds. The Morgan fingerprint density at radius 1 is 0.906 bits per heavy atom. The SMILES string of the molecule is CCN(C)c1ccc(C(O)CN(Cc2ccccc2)Cc2ccccc2)cc1S(N)(=O)=O. The summed E-state index contributed by atoms with van der Waals surface area (Å²) in [5, 5.41) is 16.5. The Labute approximate surface area is 191 Å². The number of nitrogens with zero attached hydrogens (tertiary/aromatic N) is 2. The standard InChI is InChI=1S/C25H31N3O3S/c1-3-27(2)23-15-14-22(16-25(23)32(26,30)31)24(29)19-28(17-20-10-6-4-7-11-20)18-21-12-8-5-9-13-21/h4-16,24,29H,3,17-19H2,1-2H3,(H2,26,30,31). The number of aliphatic hydroxyl groups is 1. The minimum Gasteiger partial charge on any atom is -0.387 e. The molecule has 6 nitrogen and oxygen atoms in total. The van der Waals surface area contributed by atoms with Crippen molar-refractivity contribution in [2.75, 3.05) is 25.0 Å². The second kappa shape index (κ2) is 10.7. The molecule has 3 N–H and O–H groups in total. The second-order valence-corrected chi connectivity index (χ2v) is 9.47. The Morgan fingerprint density at radius 2 is 1.44 bits per heavy atom. The lowest BCUT2D eigenvalue weighted by molar-refractivity contribution is 0.105. The number of hydrogen-bond acceptors (Lipinski definition) is 5. The topological polar surface area (TPSA) is 86.9 Å². The van der Waals surface area contributed by atoms with E-state index in [0.717, 1.165) is 11.1 Å². The van der Waals surface area contributed by atoms with Crippen molar-refractivity contribution in [3.8, 4) is 0 Å². The third kappa shape index (κ3) is 6.40. The highest BCUT2D eigenvalue weighted by atomic mass is 32.2. The van der Waals surface area contributed by atoms with Crippen LogP contribution in [0, 0.1) is 0 Å². The minimum absolute atomic E-state index is 0.0241. The molecule has 0 spiro atoms. The van der Waals surface area contributed by atoms with E-state index in [4.69, 9.17) is 5.14 Å². The van der Waals surface area contributed by atoms with E-state index in [-0.39, 0.29) is 4.90 Å². The Morgan fingerprint density at radius 3 is 1.91 bits per heavy atom. The van der Waals surface area contributed by atoms with Crippen LogP contribution in [0.4, 0.5) is 5.69 Å². The normalized spacial score (nSPS) is 12.7. The zero-order valence-corrected chi connectivity index (χ0v) is 19.4. The summed E-state index contributed by atoms with van der Waals surface area (Å²) in [4.78, 5) is 3.99. The summed E-state index contributed by atoms with van der Waals surface area (Å²) in [5.41, 5.74) is 3.33. The molecule has 0 saturated heterocycles. The van der Waals surface area contributed by atoms with Gasteiger partial charge < -0.3 is 10.0 Å². The van der Waals surface area contributed by atoms with E-state index in [0.29, 0.717) is 37.4 Å². The number of rotatable bonds is 10. The molecule has 170 valence electrons. The average Bonchev–Trinajstić information content (AvgIpc) is 2.79. The van der Waals surface area contributed by atoms with Crippen LogP contribution in [0.25, 0.3) is 0 Å². The first-order chi connectivity index (χ1) is 15.3. The van der Waals surface area contributed by atoms with Crippen LogP contribution < -0.4 is 10.0 Å². The van der Waals surface area contributed by atoms with Crippen LogP contribution in [0.15, 0.2) is 83.8 Å². The predicted molar refractivity (Wildman–Crippen MR) is 129 cm³/mol. The molecule has 3 aromatic carbocycles. The van der Waals surface area contributed by atoms with Gasteiger partial charge in [-0.2, -0.15) is 0 Å². The summed E-state index contributed by atoms with van der Waals surface area (Å²) in [6.07, 6.45) is -0.871. The molecule has 3 aromatic rings. The third-order valence-corrected chi connectivity index (χ3v) is 6.43. The van der Waals surface area contributed by atoms with Gasteiger partial charge >= 0.3 is 0 Å². The minimum atomic E-state index is -3.94. The van der Waals surface area contributed by atoms with Gasteiger partial charge in [0.25, 0.3) is 0 Å². The lowest BCUT2D eigenvalue weighted by Gasteiger charge is -2.26. The van der Waals surface area contributed by atoms with E-state index in [1.807, 2.05) is 55.3 Å². The molecule has 32 heavy (non-hydrogen) atoms. The summed E-state index contributed by atoms with van der Waals surface area (Å²) < 4.78 is 24.4. The van der Waals surface area contributed by atoms with Gasteiger partial charge in [0.15, 0.2) is 0 Å². The van der Waals surface area contributed by atoms with Crippen molar-refractivity contribution in [3.05, 3.63) is 95.6 Å². The van der Waals surface area contributed by atoms with Crippen molar-refractivity contribution in [3.63, 3.8) is 0 Å². The molecule has 0 bridgehead atoms. The van der Waals surface area contributed by atoms with Crippen LogP contribution in [-0.2, 0) is 23.1 Å². The van der Waals surface area contributed by atoms with Gasteiger partial charge in [-0.05, 0) is 35.7 Å². The van der Waals surface area contributed by atoms with E-state index >= 15 is 0 Å². The van der Waals surface area contributed by atoms with Crippen molar-refractivity contribution < 1.29 is 13.5 Å². The van der Waals surface area contributed by atoms with Crippen molar-refractivity contribution in [1.82, 2.24) is 4.90 Å². The summed E-state index contributed by atoms with van der Waals surface area (Å²) in [5.74, 6) is 0. The number of sulfonamides is 1. The van der Waals surface area contributed by atoms with Gasteiger partial charge in [-0.1, -0.05) is 66.7 Å². The molecule has 0 aliphatic heterocycles. The maximum absolute atomic E-state index is 12.2. The van der Waals surface area contributed by atoms with Crippen molar-refractivity contribution >= 4 is 15.7 Å². The Hall–Kier alpha value is -2.71. The van der Waals surface area contributed by atoms with E-state index in [1.165, 1.54) is 6.07 Å². The Kier molecular flexibility index (Phi) is 8.04. The smallest absolute Gasteiger partial charge is 0.240 e. The molecular formula is C25H31N3O3S. The molecule has 0 aromatic heterocycles. The number of nitrogens with two attached hydrogens (primary N) is 1. The van der Waals surface area contributed by atoms with E-state index in [1.54, 1.807) is 12.1 Å². The van der Waals surface area contributed by atoms with Crippen LogP contribution in [0.3, 0.4) is 0 Å². The second-order valence-electron chi connectivity index (χ2n) is 7.94. The molecular weight excluding hydrogens is 422 g/mol. The summed E-state index contributed by atoms with van der Waals surface area (Å²) in [6, 6.07) is 25.1. The highest BCUT2D eigenvalue weighted by Crippen LogP contribution is 2.28. The molecule has 1 atom stereocenters. The van der Waals surface area contributed by atoms with E-state index in [9.17, 15) is 13.5 Å². The molecule has 7 heteroatoms. The molecule has 0 fully saturated rings. The van der Waals surface area contributed by atoms with Crippen LogP contribution in [0.1, 0.15) is 29.7 Å². The van der Waals surface area contributed by atoms with Gasteiger partial charge in [0, 0.05) is 33.2 Å². The quantitative estimate of drug-likeness (QED) is 0.490. The molecule has 0 saturated carbocycles. The average molecular weight is 454 g/mol. The molecule has 3 rings (SSSR count). The molecule has 0 aliphatic rings. The van der Waals surface area contributed by atoms with Gasteiger partial charge in [0.1, 0.15) is 4.90 Å². The number of aliphatic hydroxyl groups excluding tert-OH is 1. The third-order valence-electron chi connectivity index (χ3n) is 5.49. The largest absolute Gasteiger partial charge is 0.387 e. The van der Waals surface area contributed by atoms with Crippen LogP contribution >= 0.6 is 0 Å². The first-order valence-corrected chi connectivity index (χ1v) is 12.2. The summed E-state index contributed by atoms with van der Waals surface area (Å²) >= 11 is 0. The van der Waals surface area contributed by atoms with Crippen LogP contribution in [0.5, 0.6) is 0 Å². The molecule has 0 aliphatic carbocycles. The Bertz CT molecular complexity index is 1060. The van der Waals surface area contributed by atoms with Gasteiger partial charge in [-0.3, -0.25) is 4.90 Å². The van der Waals surface area contributed by atoms with Crippen LogP contribution in [0.2, 0.25) is 0 Å². The first-order valence-electron chi connectivity index (χ1n) is 10.6. The van der Waals surface area contributed by atoms with Crippen molar-refractivity contribution in [2.45, 2.75) is 31.0 Å². The predicted octanol–water partition coefficient (Wildman–Crippen LogP) is 3.53. The van der Waals surface area contributed by atoms with Gasteiger partial charge in [-0.25, -0.2) is 13.6 Å². The maximum Gasteiger partial charge on any atom is 0.240 e. The highest BCUT2D eigenvalue weighted by Gasteiger charge is 2.21. The van der Waals surface area contributed by atoms with Gasteiger partial charge in [0.2, 0.25) is 10.0 Å². The fraction of sp³-hybridized carbons (Fsp3) is 0.280. The Balaban J connectivity index is 1.87. The highest BCUT2D eigenvalue weighted by molar-refractivity contribution is 7.89. The van der Waals surface area contributed by atoms with Crippen LogP contribution in [-0.4, -0.2) is 38.6 Å². The molecule has 0 heterocycles. The summed E-state index contributed by atoms with van der Waals surface area (Å²) in [7, 11) is -2.13. The maximum atomic E-state index is 12.2. The first kappa shape index (κ1) is 23.9. The van der Waals surface area contributed by atoms with E-state index < -0.39 is 16.1 Å². The van der Waals surface area contributed by atoms with Gasteiger partial charge in [-0.15, -0.1) is 0 Å². The molecule has 1 unspecified atom stereocenters. The lowest BCUT2D eigenvalue weighted by Crippen LogP contribution is -2.28.